The molecule has 0 unspecified atom stereocenters. The van der Waals surface area contributed by atoms with Crippen molar-refractivity contribution in [3.05, 3.63) is 113 Å². The molecule has 0 spiro atoms. The van der Waals surface area contributed by atoms with E-state index in [0.717, 1.165) is 5.56 Å². The second-order valence-electron chi connectivity index (χ2n) is 7.49. The number of sulfone groups is 1. The highest BCUT2D eigenvalue weighted by Gasteiger charge is 2.18. The van der Waals surface area contributed by atoms with Gasteiger partial charge in [0.2, 0.25) is 9.84 Å². The maximum Gasteiger partial charge on any atom is 0.338 e. The zero-order valence-corrected chi connectivity index (χ0v) is 20.3. The van der Waals surface area contributed by atoms with Crippen LogP contribution in [0.1, 0.15) is 15.9 Å². The fraction of sp³-hybridized carbons (Fsp3) is 0.0741. The molecule has 4 rings (SSSR count). The van der Waals surface area contributed by atoms with Gasteiger partial charge in [-0.25, -0.2) is 13.2 Å². The van der Waals surface area contributed by atoms with E-state index in [1.165, 1.54) is 61.7 Å². The Balaban J connectivity index is 1.55. The van der Waals surface area contributed by atoms with Crippen molar-refractivity contribution in [1.29, 1.82) is 0 Å². The van der Waals surface area contributed by atoms with E-state index in [0.29, 0.717) is 28.9 Å². The molecule has 0 saturated carbocycles. The van der Waals surface area contributed by atoms with Crippen LogP contribution in [0.2, 0.25) is 5.02 Å². The summed E-state index contributed by atoms with van der Waals surface area (Å²) in [6.45, 7) is 0.308. The summed E-state index contributed by atoms with van der Waals surface area (Å²) in [5.41, 5.74) is 1.23. The van der Waals surface area contributed by atoms with Gasteiger partial charge in [-0.05, 0) is 66.2 Å². The highest BCUT2D eigenvalue weighted by Crippen LogP contribution is 2.30. The number of ether oxygens (including phenoxy) is 3. The fourth-order valence-electron chi connectivity index (χ4n) is 3.26. The third-order valence-corrected chi connectivity index (χ3v) is 7.08. The van der Waals surface area contributed by atoms with E-state index in [4.69, 9.17) is 25.8 Å². The summed E-state index contributed by atoms with van der Waals surface area (Å²) in [6, 6.07) is 26.3. The van der Waals surface area contributed by atoms with Gasteiger partial charge in [0.15, 0.2) is 0 Å². The second-order valence-corrected chi connectivity index (χ2v) is 9.88. The minimum Gasteiger partial charge on any atom is -0.489 e. The number of halogens is 1. The van der Waals surface area contributed by atoms with Gasteiger partial charge < -0.3 is 14.2 Å². The Bertz CT molecular complexity index is 1420. The maximum absolute atomic E-state index is 12.8. The first kappa shape index (κ1) is 24.3. The van der Waals surface area contributed by atoms with Crippen LogP contribution in [0.3, 0.4) is 0 Å². The van der Waals surface area contributed by atoms with Crippen molar-refractivity contribution in [2.24, 2.45) is 0 Å². The Morgan fingerprint density at radius 1 is 0.771 bits per heavy atom. The van der Waals surface area contributed by atoms with Crippen LogP contribution in [0.15, 0.2) is 107 Å². The minimum atomic E-state index is -3.70. The van der Waals surface area contributed by atoms with E-state index in [9.17, 15) is 13.2 Å². The molecule has 0 saturated heterocycles. The third-order valence-electron chi connectivity index (χ3n) is 5.04. The van der Waals surface area contributed by atoms with E-state index in [2.05, 4.69) is 0 Å². The zero-order valence-electron chi connectivity index (χ0n) is 18.7. The van der Waals surface area contributed by atoms with E-state index in [-0.39, 0.29) is 15.4 Å². The van der Waals surface area contributed by atoms with Gasteiger partial charge >= 0.3 is 5.97 Å². The monoisotopic (exact) mass is 508 g/mol. The molecule has 6 nitrogen and oxygen atoms in total. The summed E-state index contributed by atoms with van der Waals surface area (Å²) in [6.07, 6.45) is 0. The van der Waals surface area contributed by atoms with Crippen molar-refractivity contribution in [3.63, 3.8) is 0 Å². The van der Waals surface area contributed by atoms with E-state index >= 15 is 0 Å². The lowest BCUT2D eigenvalue weighted by molar-refractivity contribution is 0.0599. The molecular formula is C27H21ClO6S. The SMILES string of the molecule is COC(=O)c1cc(OCc2ccccc2)cc(Oc2ccc(S(=O)(=O)c3ccc(Cl)cc3)cc2)c1. The Morgan fingerprint density at radius 2 is 1.37 bits per heavy atom. The van der Waals surface area contributed by atoms with Crippen LogP contribution in [0.25, 0.3) is 0 Å². The number of esters is 1. The topological polar surface area (TPSA) is 78.9 Å². The molecule has 0 N–H and O–H groups in total. The first-order valence-electron chi connectivity index (χ1n) is 10.5. The molecule has 4 aromatic rings. The summed E-state index contributed by atoms with van der Waals surface area (Å²) in [5, 5.41) is 0.453. The molecule has 8 heteroatoms. The van der Waals surface area contributed by atoms with Gasteiger partial charge in [-0.1, -0.05) is 41.9 Å². The smallest absolute Gasteiger partial charge is 0.338 e. The molecule has 0 aliphatic carbocycles. The Labute approximate surface area is 208 Å². The molecule has 178 valence electrons. The summed E-state index contributed by atoms with van der Waals surface area (Å²) in [4.78, 5) is 12.4. The van der Waals surface area contributed by atoms with E-state index in [1.54, 1.807) is 12.1 Å². The van der Waals surface area contributed by atoms with Crippen molar-refractivity contribution in [1.82, 2.24) is 0 Å². The van der Waals surface area contributed by atoms with Crippen molar-refractivity contribution in [2.45, 2.75) is 16.4 Å². The first-order chi connectivity index (χ1) is 16.8. The molecule has 35 heavy (non-hydrogen) atoms. The maximum atomic E-state index is 12.8. The Hall–Kier alpha value is -3.81. The number of carbonyl (C=O) groups is 1. The lowest BCUT2D eigenvalue weighted by atomic mass is 10.2. The fourth-order valence-corrected chi connectivity index (χ4v) is 4.65. The van der Waals surface area contributed by atoms with Crippen molar-refractivity contribution < 1.29 is 27.4 Å². The molecule has 0 heterocycles. The van der Waals surface area contributed by atoms with Crippen molar-refractivity contribution in [2.75, 3.05) is 7.11 Å². The van der Waals surface area contributed by atoms with Gasteiger partial charge in [0.1, 0.15) is 23.9 Å². The molecule has 0 atom stereocenters. The molecule has 0 fully saturated rings. The molecule has 0 amide bonds. The molecule has 0 radical (unpaired) electrons. The number of rotatable bonds is 8. The van der Waals surface area contributed by atoms with Crippen LogP contribution in [0, 0.1) is 0 Å². The predicted molar refractivity (Wildman–Crippen MR) is 132 cm³/mol. The van der Waals surface area contributed by atoms with Gasteiger partial charge in [0.25, 0.3) is 0 Å². The molecule has 0 aliphatic heterocycles. The van der Waals surface area contributed by atoms with Crippen molar-refractivity contribution in [3.8, 4) is 17.2 Å². The number of benzene rings is 4. The van der Waals surface area contributed by atoms with Gasteiger partial charge in [0, 0.05) is 11.1 Å². The predicted octanol–water partition coefficient (Wildman–Crippen LogP) is 6.33. The summed E-state index contributed by atoms with van der Waals surface area (Å²) < 4.78 is 42.3. The summed E-state index contributed by atoms with van der Waals surface area (Å²) >= 11 is 5.86. The van der Waals surface area contributed by atoms with Crippen LogP contribution in [0.4, 0.5) is 0 Å². The average molecular weight is 509 g/mol. The van der Waals surface area contributed by atoms with Gasteiger partial charge in [-0.15, -0.1) is 0 Å². The normalized spacial score (nSPS) is 11.0. The average Bonchev–Trinajstić information content (AvgIpc) is 2.88. The molecule has 0 bridgehead atoms. The number of hydrogen-bond donors (Lipinski definition) is 0. The summed E-state index contributed by atoms with van der Waals surface area (Å²) in [5.74, 6) is 0.610. The van der Waals surface area contributed by atoms with Crippen LogP contribution >= 0.6 is 11.6 Å². The molecule has 0 aromatic heterocycles. The van der Waals surface area contributed by atoms with Crippen molar-refractivity contribution >= 4 is 27.4 Å². The standard InChI is InChI=1S/C27H21ClO6S/c1-32-27(29)20-15-23(33-18-19-5-3-2-4-6-19)17-24(16-20)34-22-9-13-26(14-10-22)35(30,31)25-11-7-21(28)8-12-25/h2-17H,18H2,1H3. The quantitative estimate of drug-likeness (QED) is 0.259. The van der Waals surface area contributed by atoms with E-state index in [1.807, 2.05) is 30.3 Å². The molecule has 4 aromatic carbocycles. The Kier molecular flexibility index (Phi) is 7.39. The third kappa shape index (κ3) is 6.01. The van der Waals surface area contributed by atoms with Crippen LogP contribution < -0.4 is 9.47 Å². The first-order valence-corrected chi connectivity index (χ1v) is 12.4. The van der Waals surface area contributed by atoms with Crippen LogP contribution in [-0.4, -0.2) is 21.5 Å². The van der Waals surface area contributed by atoms with Gasteiger partial charge in [-0.3, -0.25) is 0 Å². The second kappa shape index (κ2) is 10.6. The number of carbonyl (C=O) groups excluding carboxylic acids is 1. The lowest BCUT2D eigenvalue weighted by Gasteiger charge is -2.12. The highest BCUT2D eigenvalue weighted by atomic mass is 35.5. The number of methoxy groups -OCH3 is 1. The lowest BCUT2D eigenvalue weighted by Crippen LogP contribution is -2.03. The molecular weight excluding hydrogens is 488 g/mol. The Morgan fingerprint density at radius 3 is 2.00 bits per heavy atom. The van der Waals surface area contributed by atoms with Crippen LogP contribution in [-0.2, 0) is 21.2 Å². The largest absolute Gasteiger partial charge is 0.489 e. The molecule has 0 aliphatic rings. The minimum absolute atomic E-state index is 0.113. The highest BCUT2D eigenvalue weighted by molar-refractivity contribution is 7.91. The van der Waals surface area contributed by atoms with Gasteiger partial charge in [0.05, 0.1) is 22.5 Å². The number of hydrogen-bond acceptors (Lipinski definition) is 6. The van der Waals surface area contributed by atoms with E-state index < -0.39 is 15.8 Å². The summed E-state index contributed by atoms with van der Waals surface area (Å²) in [7, 11) is -2.41. The van der Waals surface area contributed by atoms with Crippen LogP contribution in [0.5, 0.6) is 17.2 Å². The zero-order chi connectivity index (χ0) is 24.8. The van der Waals surface area contributed by atoms with Gasteiger partial charge in [-0.2, -0.15) is 0 Å².